The molecule has 0 radical (unpaired) electrons. The average Bonchev–Trinajstić information content (AvgIpc) is 3.28. The van der Waals surface area contributed by atoms with Crippen LogP contribution in [0.25, 0.3) is 39.0 Å². The Labute approximate surface area is 200 Å². The second-order valence-electron chi connectivity index (χ2n) is 9.35. The predicted molar refractivity (Wildman–Crippen MR) is 140 cm³/mol. The van der Waals surface area contributed by atoms with Crippen molar-refractivity contribution in [3.8, 4) is 33.7 Å². The van der Waals surface area contributed by atoms with Crippen molar-refractivity contribution in [2.75, 3.05) is 0 Å². The van der Waals surface area contributed by atoms with Gasteiger partial charge in [0.05, 0.1) is 0 Å². The van der Waals surface area contributed by atoms with Gasteiger partial charge in [0, 0.05) is 5.56 Å². The standard InChI is InChI=1S/C30H29N3O/c1-19(2)22-11-5-7-13-24(22)21-17-26(25-14-8-6-12-23(25)20(3)4)30(34)29(18-21)33-31-27-15-9-10-16-28(27)32-33/h5-20,34H,1-4H3. The van der Waals surface area contributed by atoms with E-state index in [1.54, 1.807) is 4.80 Å². The summed E-state index contributed by atoms with van der Waals surface area (Å²) in [6.07, 6.45) is 0. The van der Waals surface area contributed by atoms with Gasteiger partial charge in [0.15, 0.2) is 5.75 Å². The first-order chi connectivity index (χ1) is 16.4. The van der Waals surface area contributed by atoms with Gasteiger partial charge in [-0.2, -0.15) is 0 Å². The second-order valence-corrected chi connectivity index (χ2v) is 9.35. The fourth-order valence-corrected chi connectivity index (χ4v) is 4.61. The minimum absolute atomic E-state index is 0.180. The van der Waals surface area contributed by atoms with Gasteiger partial charge in [-0.1, -0.05) is 88.4 Å². The number of phenols is 1. The van der Waals surface area contributed by atoms with E-state index in [0.29, 0.717) is 17.5 Å². The van der Waals surface area contributed by atoms with Crippen LogP contribution in [0.3, 0.4) is 0 Å². The highest BCUT2D eigenvalue weighted by molar-refractivity contribution is 5.85. The van der Waals surface area contributed by atoms with Gasteiger partial charge in [0.1, 0.15) is 16.7 Å². The van der Waals surface area contributed by atoms with E-state index in [1.807, 2.05) is 36.4 Å². The molecule has 1 N–H and O–H groups in total. The zero-order valence-electron chi connectivity index (χ0n) is 20.0. The van der Waals surface area contributed by atoms with Crippen LogP contribution in [0.5, 0.6) is 5.75 Å². The van der Waals surface area contributed by atoms with Gasteiger partial charge in [0.2, 0.25) is 0 Å². The largest absolute Gasteiger partial charge is 0.505 e. The molecule has 5 aromatic rings. The number of fused-ring (bicyclic) bond motifs is 1. The molecule has 0 saturated heterocycles. The Morgan fingerprint density at radius 2 is 1.12 bits per heavy atom. The lowest BCUT2D eigenvalue weighted by Gasteiger charge is -2.19. The third kappa shape index (κ3) is 3.86. The van der Waals surface area contributed by atoms with Gasteiger partial charge >= 0.3 is 0 Å². The lowest BCUT2D eigenvalue weighted by Crippen LogP contribution is -2.02. The van der Waals surface area contributed by atoms with Gasteiger partial charge in [-0.3, -0.25) is 0 Å². The van der Waals surface area contributed by atoms with Gasteiger partial charge in [-0.25, -0.2) is 0 Å². The van der Waals surface area contributed by atoms with Crippen LogP contribution in [0.1, 0.15) is 50.7 Å². The quantitative estimate of drug-likeness (QED) is 0.300. The molecular formula is C30H29N3O. The van der Waals surface area contributed by atoms with Crippen LogP contribution >= 0.6 is 0 Å². The van der Waals surface area contributed by atoms with Gasteiger partial charge in [0.25, 0.3) is 0 Å². The SMILES string of the molecule is CC(C)c1ccccc1-c1cc(-c2ccccc2C(C)C)c(O)c(-n2nc3ccccc3n2)c1. The molecule has 5 rings (SSSR count). The molecular weight excluding hydrogens is 418 g/mol. The number of rotatable bonds is 5. The number of hydrogen-bond donors (Lipinski definition) is 1. The summed E-state index contributed by atoms with van der Waals surface area (Å²) < 4.78 is 0. The van der Waals surface area contributed by atoms with E-state index in [4.69, 9.17) is 0 Å². The van der Waals surface area contributed by atoms with E-state index in [9.17, 15) is 5.11 Å². The first-order valence-electron chi connectivity index (χ1n) is 11.8. The Morgan fingerprint density at radius 1 is 0.618 bits per heavy atom. The van der Waals surface area contributed by atoms with E-state index >= 15 is 0 Å². The molecule has 4 aromatic carbocycles. The zero-order chi connectivity index (χ0) is 23.8. The fraction of sp³-hybridized carbons (Fsp3) is 0.200. The van der Waals surface area contributed by atoms with Gasteiger partial charge in [-0.15, -0.1) is 15.0 Å². The fourth-order valence-electron chi connectivity index (χ4n) is 4.61. The summed E-state index contributed by atoms with van der Waals surface area (Å²) in [5, 5.41) is 20.9. The highest BCUT2D eigenvalue weighted by Gasteiger charge is 2.20. The summed E-state index contributed by atoms with van der Waals surface area (Å²) in [6, 6.07) is 28.6. The van der Waals surface area contributed by atoms with Crippen molar-refractivity contribution in [3.63, 3.8) is 0 Å². The number of aromatic nitrogens is 3. The van der Waals surface area contributed by atoms with Crippen LogP contribution in [0.4, 0.5) is 0 Å². The second kappa shape index (κ2) is 8.79. The molecule has 34 heavy (non-hydrogen) atoms. The summed E-state index contributed by atoms with van der Waals surface area (Å²) in [6.45, 7) is 8.76. The lowest BCUT2D eigenvalue weighted by molar-refractivity contribution is 0.470. The van der Waals surface area contributed by atoms with E-state index in [1.165, 1.54) is 11.1 Å². The topological polar surface area (TPSA) is 50.9 Å². The molecule has 4 nitrogen and oxygen atoms in total. The van der Waals surface area contributed by atoms with Crippen LogP contribution < -0.4 is 0 Å². The molecule has 0 atom stereocenters. The maximum Gasteiger partial charge on any atom is 0.150 e. The third-order valence-corrected chi connectivity index (χ3v) is 6.36. The summed E-state index contributed by atoms with van der Waals surface area (Å²) in [7, 11) is 0. The molecule has 1 heterocycles. The van der Waals surface area contributed by atoms with Crippen molar-refractivity contribution in [2.24, 2.45) is 0 Å². The molecule has 0 fully saturated rings. The van der Waals surface area contributed by atoms with Crippen molar-refractivity contribution in [1.82, 2.24) is 15.0 Å². The minimum atomic E-state index is 0.180. The molecule has 0 aliphatic rings. The first-order valence-corrected chi connectivity index (χ1v) is 11.8. The molecule has 0 aliphatic heterocycles. The smallest absolute Gasteiger partial charge is 0.150 e. The van der Waals surface area contributed by atoms with E-state index in [2.05, 4.69) is 86.4 Å². The number of nitrogens with zero attached hydrogens (tertiary/aromatic N) is 3. The Balaban J connectivity index is 1.82. The molecule has 0 bridgehead atoms. The highest BCUT2D eigenvalue weighted by atomic mass is 16.3. The summed E-state index contributed by atoms with van der Waals surface area (Å²) in [5.74, 6) is 0.862. The average molecular weight is 448 g/mol. The maximum absolute atomic E-state index is 11.6. The van der Waals surface area contributed by atoms with E-state index < -0.39 is 0 Å². The lowest BCUT2D eigenvalue weighted by atomic mass is 9.88. The zero-order valence-corrected chi connectivity index (χ0v) is 20.0. The normalized spacial score (nSPS) is 11.6. The summed E-state index contributed by atoms with van der Waals surface area (Å²) in [4.78, 5) is 1.56. The number of hydrogen-bond acceptors (Lipinski definition) is 3. The summed E-state index contributed by atoms with van der Waals surface area (Å²) in [5.41, 5.74) is 8.61. The number of phenolic OH excluding ortho intramolecular Hbond substituents is 1. The van der Waals surface area contributed by atoms with Crippen LogP contribution in [0, 0.1) is 0 Å². The predicted octanol–water partition coefficient (Wildman–Crippen LogP) is 7.71. The molecule has 0 unspecified atom stereocenters. The molecule has 0 amide bonds. The minimum Gasteiger partial charge on any atom is -0.505 e. The van der Waals surface area contributed by atoms with Crippen molar-refractivity contribution in [3.05, 3.63) is 96.1 Å². The molecule has 4 heteroatoms. The summed E-state index contributed by atoms with van der Waals surface area (Å²) >= 11 is 0. The number of benzene rings is 4. The van der Waals surface area contributed by atoms with Crippen LogP contribution in [-0.2, 0) is 0 Å². The highest BCUT2D eigenvalue weighted by Crippen LogP contribution is 2.42. The maximum atomic E-state index is 11.6. The van der Waals surface area contributed by atoms with Crippen LogP contribution in [-0.4, -0.2) is 20.1 Å². The Hall–Kier alpha value is -3.92. The van der Waals surface area contributed by atoms with Crippen LogP contribution in [0.2, 0.25) is 0 Å². The number of aromatic hydroxyl groups is 1. The third-order valence-electron chi connectivity index (χ3n) is 6.36. The van der Waals surface area contributed by atoms with Crippen molar-refractivity contribution >= 4 is 11.0 Å². The van der Waals surface area contributed by atoms with E-state index in [0.717, 1.165) is 33.3 Å². The van der Waals surface area contributed by atoms with Crippen LogP contribution in [0.15, 0.2) is 84.9 Å². The Morgan fingerprint density at radius 3 is 1.71 bits per heavy atom. The Bertz CT molecular complexity index is 1450. The van der Waals surface area contributed by atoms with E-state index in [-0.39, 0.29) is 5.75 Å². The van der Waals surface area contributed by atoms with Crippen molar-refractivity contribution in [2.45, 2.75) is 39.5 Å². The Kier molecular flexibility index (Phi) is 5.66. The van der Waals surface area contributed by atoms with Gasteiger partial charge in [-0.05, 0) is 63.9 Å². The molecule has 0 saturated carbocycles. The molecule has 1 aromatic heterocycles. The molecule has 0 aliphatic carbocycles. The monoisotopic (exact) mass is 447 g/mol. The van der Waals surface area contributed by atoms with Crippen molar-refractivity contribution in [1.29, 1.82) is 0 Å². The first kappa shape index (κ1) is 21.9. The van der Waals surface area contributed by atoms with Gasteiger partial charge < -0.3 is 5.11 Å². The molecule has 0 spiro atoms. The molecule has 170 valence electrons. The van der Waals surface area contributed by atoms with Crippen molar-refractivity contribution < 1.29 is 5.11 Å².